The summed E-state index contributed by atoms with van der Waals surface area (Å²) in [5.74, 6) is -1.18. The summed E-state index contributed by atoms with van der Waals surface area (Å²) in [5, 5.41) is 0. The van der Waals surface area contributed by atoms with E-state index in [0.717, 1.165) is 45.2 Å². The van der Waals surface area contributed by atoms with Crippen LogP contribution in [0.2, 0.25) is 0 Å². The van der Waals surface area contributed by atoms with Crippen LogP contribution in [-0.2, 0) is 0 Å². The second kappa shape index (κ2) is 8.37. The van der Waals surface area contributed by atoms with Crippen molar-refractivity contribution in [2.24, 2.45) is 11.7 Å². The molecule has 21 heavy (non-hydrogen) atoms. The lowest BCUT2D eigenvalue weighted by atomic mass is 9.74. The second-order valence-corrected chi connectivity index (χ2v) is 6.46. The highest BCUT2D eigenvalue weighted by Crippen LogP contribution is 2.44. The van der Waals surface area contributed by atoms with Gasteiger partial charge < -0.3 is 5.73 Å². The lowest BCUT2D eigenvalue weighted by molar-refractivity contribution is -0.193. The van der Waals surface area contributed by atoms with Gasteiger partial charge in [-0.1, -0.05) is 33.1 Å². The topological polar surface area (TPSA) is 29.3 Å². The molecule has 1 fully saturated rings. The van der Waals surface area contributed by atoms with Crippen molar-refractivity contribution in [2.75, 3.05) is 19.6 Å². The molecule has 2 nitrogen and oxygen atoms in total. The van der Waals surface area contributed by atoms with Crippen molar-refractivity contribution < 1.29 is 13.2 Å². The first-order chi connectivity index (χ1) is 9.89. The molecule has 0 aromatic heterocycles. The van der Waals surface area contributed by atoms with Gasteiger partial charge in [0.2, 0.25) is 0 Å². The molecule has 1 saturated carbocycles. The number of hydrogen-bond acceptors (Lipinski definition) is 2. The van der Waals surface area contributed by atoms with Gasteiger partial charge in [0.05, 0.1) is 5.92 Å². The van der Waals surface area contributed by atoms with Crippen molar-refractivity contribution in [2.45, 2.75) is 76.9 Å². The van der Waals surface area contributed by atoms with Gasteiger partial charge in [0.15, 0.2) is 0 Å². The van der Waals surface area contributed by atoms with Crippen LogP contribution in [0, 0.1) is 5.92 Å². The van der Waals surface area contributed by atoms with E-state index in [1.807, 2.05) is 0 Å². The molecule has 0 saturated heterocycles. The van der Waals surface area contributed by atoms with Crippen LogP contribution in [0.25, 0.3) is 0 Å². The van der Waals surface area contributed by atoms with Crippen molar-refractivity contribution in [3.63, 3.8) is 0 Å². The Labute approximate surface area is 127 Å². The third-order valence-electron chi connectivity index (χ3n) is 4.90. The first-order valence-electron chi connectivity index (χ1n) is 8.41. The number of rotatable bonds is 8. The first kappa shape index (κ1) is 18.8. The van der Waals surface area contributed by atoms with E-state index in [-0.39, 0.29) is 12.8 Å². The third-order valence-corrected chi connectivity index (χ3v) is 4.90. The minimum absolute atomic E-state index is 0.181. The summed E-state index contributed by atoms with van der Waals surface area (Å²) in [5.41, 5.74) is 5.54. The summed E-state index contributed by atoms with van der Waals surface area (Å²) in [4.78, 5) is 2.28. The monoisotopic (exact) mass is 308 g/mol. The zero-order valence-corrected chi connectivity index (χ0v) is 13.5. The number of halogens is 3. The second-order valence-electron chi connectivity index (χ2n) is 6.46. The Morgan fingerprint density at radius 3 is 2.14 bits per heavy atom. The van der Waals surface area contributed by atoms with Crippen LogP contribution in [0.3, 0.4) is 0 Å². The molecule has 0 aromatic carbocycles. The molecular formula is C16H31F3N2. The van der Waals surface area contributed by atoms with E-state index >= 15 is 0 Å². The summed E-state index contributed by atoms with van der Waals surface area (Å²) in [6, 6.07) is 0. The third kappa shape index (κ3) is 5.13. The average molecular weight is 308 g/mol. The van der Waals surface area contributed by atoms with Gasteiger partial charge in [0.25, 0.3) is 0 Å². The van der Waals surface area contributed by atoms with Crippen LogP contribution in [0.5, 0.6) is 0 Å². The Morgan fingerprint density at radius 1 is 1.14 bits per heavy atom. The van der Waals surface area contributed by atoms with Crippen molar-refractivity contribution in [3.05, 3.63) is 0 Å². The highest BCUT2D eigenvalue weighted by atomic mass is 19.4. The molecule has 1 aliphatic rings. The highest BCUT2D eigenvalue weighted by molar-refractivity contribution is 4.98. The first-order valence-corrected chi connectivity index (χ1v) is 8.41. The van der Waals surface area contributed by atoms with Crippen molar-refractivity contribution in [1.29, 1.82) is 0 Å². The zero-order valence-electron chi connectivity index (χ0n) is 13.5. The Morgan fingerprint density at radius 2 is 1.71 bits per heavy atom. The lowest BCUT2D eigenvalue weighted by Gasteiger charge is -2.48. The van der Waals surface area contributed by atoms with E-state index in [0.29, 0.717) is 13.0 Å². The maximum Gasteiger partial charge on any atom is 0.391 e. The molecule has 2 N–H and O–H groups in total. The average Bonchev–Trinajstić information content (AvgIpc) is 2.46. The standard InChI is InChI=1S/C16H31F3N2/c1-3-5-10-21(11-6-4-2)15(13-20)9-7-8-14(12-15)16(17,18)19/h14H,3-13,20H2,1-2H3. The van der Waals surface area contributed by atoms with E-state index in [4.69, 9.17) is 5.73 Å². The number of nitrogens with two attached hydrogens (primary N) is 1. The fraction of sp³-hybridized carbons (Fsp3) is 1.00. The molecule has 1 aliphatic carbocycles. The molecule has 0 radical (unpaired) electrons. The number of alkyl halides is 3. The maximum atomic E-state index is 13.1. The molecule has 126 valence electrons. The minimum atomic E-state index is -4.08. The van der Waals surface area contributed by atoms with E-state index in [1.165, 1.54) is 0 Å². The molecule has 0 heterocycles. The summed E-state index contributed by atoms with van der Waals surface area (Å²) in [6.45, 7) is 6.32. The fourth-order valence-electron chi connectivity index (χ4n) is 3.51. The Kier molecular flexibility index (Phi) is 7.48. The van der Waals surface area contributed by atoms with Gasteiger partial charge in [-0.05, 0) is 45.2 Å². The number of hydrogen-bond donors (Lipinski definition) is 1. The molecule has 2 unspecified atom stereocenters. The minimum Gasteiger partial charge on any atom is -0.329 e. The zero-order chi connectivity index (χ0) is 15.9. The van der Waals surface area contributed by atoms with Gasteiger partial charge in [-0.3, -0.25) is 4.90 Å². The molecular weight excluding hydrogens is 277 g/mol. The van der Waals surface area contributed by atoms with Crippen molar-refractivity contribution >= 4 is 0 Å². The molecule has 2 atom stereocenters. The quantitative estimate of drug-likeness (QED) is 0.723. The number of unbranched alkanes of at least 4 members (excludes halogenated alkanes) is 2. The van der Waals surface area contributed by atoms with Crippen LogP contribution in [0.15, 0.2) is 0 Å². The number of nitrogens with zero attached hydrogens (tertiary/aromatic N) is 1. The van der Waals surface area contributed by atoms with Gasteiger partial charge in [-0.2, -0.15) is 13.2 Å². The molecule has 0 amide bonds. The van der Waals surface area contributed by atoms with Crippen LogP contribution in [0.1, 0.15) is 65.2 Å². The summed E-state index contributed by atoms with van der Waals surface area (Å²) in [7, 11) is 0. The predicted molar refractivity (Wildman–Crippen MR) is 81.2 cm³/mol. The molecule has 0 aromatic rings. The summed E-state index contributed by atoms with van der Waals surface area (Å²) >= 11 is 0. The molecule has 0 bridgehead atoms. The molecule has 0 spiro atoms. The van der Waals surface area contributed by atoms with Gasteiger partial charge in [0, 0.05) is 12.1 Å². The Hall–Kier alpha value is -0.290. The van der Waals surface area contributed by atoms with E-state index < -0.39 is 17.6 Å². The summed E-state index contributed by atoms with van der Waals surface area (Å²) in [6.07, 6.45) is 1.99. The van der Waals surface area contributed by atoms with Gasteiger partial charge >= 0.3 is 6.18 Å². The van der Waals surface area contributed by atoms with Gasteiger partial charge in [-0.25, -0.2) is 0 Å². The Bertz CT molecular complexity index is 286. The van der Waals surface area contributed by atoms with E-state index in [1.54, 1.807) is 0 Å². The van der Waals surface area contributed by atoms with Gasteiger partial charge in [-0.15, -0.1) is 0 Å². The van der Waals surface area contributed by atoms with E-state index in [2.05, 4.69) is 18.7 Å². The molecule has 1 rings (SSSR count). The fourth-order valence-corrected chi connectivity index (χ4v) is 3.51. The molecule has 5 heteroatoms. The normalized spacial score (nSPS) is 27.3. The van der Waals surface area contributed by atoms with Crippen LogP contribution >= 0.6 is 0 Å². The van der Waals surface area contributed by atoms with Crippen LogP contribution < -0.4 is 5.73 Å². The smallest absolute Gasteiger partial charge is 0.329 e. The Balaban J connectivity index is 2.86. The van der Waals surface area contributed by atoms with Gasteiger partial charge in [0.1, 0.15) is 0 Å². The van der Waals surface area contributed by atoms with Crippen molar-refractivity contribution in [3.8, 4) is 0 Å². The largest absolute Gasteiger partial charge is 0.391 e. The molecule has 0 aliphatic heterocycles. The lowest BCUT2D eigenvalue weighted by Crippen LogP contribution is -2.58. The summed E-state index contributed by atoms with van der Waals surface area (Å²) < 4.78 is 39.4. The highest BCUT2D eigenvalue weighted by Gasteiger charge is 2.48. The SMILES string of the molecule is CCCCN(CCCC)C1(CN)CCCC(C(F)(F)F)C1. The van der Waals surface area contributed by atoms with E-state index in [9.17, 15) is 13.2 Å². The van der Waals surface area contributed by atoms with Crippen molar-refractivity contribution in [1.82, 2.24) is 4.90 Å². The maximum absolute atomic E-state index is 13.1. The van der Waals surface area contributed by atoms with Crippen LogP contribution in [0.4, 0.5) is 13.2 Å². The predicted octanol–water partition coefficient (Wildman–Crippen LogP) is 4.34. The van der Waals surface area contributed by atoms with Crippen LogP contribution in [-0.4, -0.2) is 36.2 Å².